The Morgan fingerprint density at radius 3 is 2.18 bits per heavy atom. The normalized spacial score (nSPS) is 13.1. The molecule has 0 radical (unpaired) electrons. The predicted octanol–water partition coefficient (Wildman–Crippen LogP) is 13.4. The van der Waals surface area contributed by atoms with E-state index < -0.39 is 0 Å². The fraction of sp³-hybridized carbons (Fsp3) is 0.619. The van der Waals surface area contributed by atoms with Crippen molar-refractivity contribution in [2.24, 2.45) is 11.8 Å². The van der Waals surface area contributed by atoms with E-state index in [1.54, 1.807) is 7.11 Å². The van der Waals surface area contributed by atoms with Crippen LogP contribution in [0.2, 0.25) is 0 Å². The van der Waals surface area contributed by atoms with Crippen LogP contribution in [-0.2, 0) is 0 Å². The molecule has 0 saturated heterocycles. The summed E-state index contributed by atoms with van der Waals surface area (Å²) in [5.74, 6) is 5.11. The van der Waals surface area contributed by atoms with E-state index in [4.69, 9.17) is 13.9 Å². The maximum atomic E-state index is 6.30. The largest absolute Gasteiger partial charge is 0.493 e. The first-order valence-electron chi connectivity index (χ1n) is 18.1. The molecule has 3 nitrogen and oxygen atoms in total. The number of methoxy groups -OCH3 is 1. The van der Waals surface area contributed by atoms with Crippen molar-refractivity contribution in [3.8, 4) is 11.5 Å². The highest BCUT2D eigenvalue weighted by Gasteiger charge is 2.16. The van der Waals surface area contributed by atoms with Crippen molar-refractivity contribution in [1.29, 1.82) is 0 Å². The van der Waals surface area contributed by atoms with Crippen molar-refractivity contribution in [2.75, 3.05) is 13.7 Å². The predicted molar refractivity (Wildman–Crippen MR) is 196 cm³/mol. The molecule has 0 bridgehead atoms. The van der Waals surface area contributed by atoms with E-state index in [0.717, 1.165) is 78.3 Å². The minimum absolute atomic E-state index is 0.723. The number of allylic oxidation sites excluding steroid dienone is 4. The Labute approximate surface area is 277 Å². The molecule has 3 heteroatoms. The zero-order chi connectivity index (χ0) is 33.0. The van der Waals surface area contributed by atoms with Gasteiger partial charge in [0.15, 0.2) is 11.5 Å². The van der Waals surface area contributed by atoms with E-state index in [1.807, 2.05) is 13.8 Å². The summed E-state index contributed by atoms with van der Waals surface area (Å²) in [4.78, 5) is 0. The van der Waals surface area contributed by atoms with Gasteiger partial charge in [-0.1, -0.05) is 104 Å². The van der Waals surface area contributed by atoms with Crippen LogP contribution in [0.4, 0.5) is 0 Å². The molecular formula is C42H66O3. The Hall–Kier alpha value is -2.68. The fourth-order valence-corrected chi connectivity index (χ4v) is 6.61. The maximum absolute atomic E-state index is 6.30. The van der Waals surface area contributed by atoms with Crippen molar-refractivity contribution < 1.29 is 13.9 Å². The maximum Gasteiger partial charge on any atom is 0.161 e. The Kier molecular flexibility index (Phi) is 18.8. The molecule has 0 amide bonds. The molecule has 0 fully saturated rings. The van der Waals surface area contributed by atoms with Gasteiger partial charge in [0.1, 0.15) is 11.5 Å². The quantitative estimate of drug-likeness (QED) is 0.0630. The smallest absolute Gasteiger partial charge is 0.161 e. The van der Waals surface area contributed by atoms with Crippen LogP contribution in [0.5, 0.6) is 11.5 Å². The van der Waals surface area contributed by atoms with Crippen LogP contribution in [0.25, 0.3) is 11.1 Å². The lowest BCUT2D eigenvalue weighted by Gasteiger charge is -2.18. The molecule has 0 aliphatic carbocycles. The van der Waals surface area contributed by atoms with Crippen LogP contribution in [0.3, 0.4) is 0 Å². The van der Waals surface area contributed by atoms with Crippen molar-refractivity contribution in [1.82, 2.24) is 0 Å². The van der Waals surface area contributed by atoms with Crippen LogP contribution < -0.4 is 9.47 Å². The topological polar surface area (TPSA) is 31.6 Å². The van der Waals surface area contributed by atoms with E-state index in [2.05, 4.69) is 71.2 Å². The number of benzene rings is 1. The van der Waals surface area contributed by atoms with Gasteiger partial charge in [-0.3, -0.25) is 0 Å². The molecule has 0 aliphatic heterocycles. The molecule has 2 atom stereocenters. The number of unbranched alkanes of at least 4 members (excludes halogenated alkanes) is 5. The van der Waals surface area contributed by atoms with Crippen molar-refractivity contribution in [2.45, 2.75) is 144 Å². The summed E-state index contributed by atoms with van der Waals surface area (Å²) in [6.45, 7) is 22.3. The van der Waals surface area contributed by atoms with Crippen LogP contribution in [0, 0.1) is 32.6 Å². The zero-order valence-corrected chi connectivity index (χ0v) is 30.2. The molecule has 2 aromatic rings. The van der Waals surface area contributed by atoms with Gasteiger partial charge in [0.05, 0.1) is 13.7 Å². The van der Waals surface area contributed by atoms with E-state index in [0.29, 0.717) is 0 Å². The highest BCUT2D eigenvalue weighted by molar-refractivity contribution is 5.84. The van der Waals surface area contributed by atoms with Gasteiger partial charge in [0, 0.05) is 5.56 Å². The highest BCUT2D eigenvalue weighted by atomic mass is 16.5. The minimum Gasteiger partial charge on any atom is -0.493 e. The average molecular weight is 619 g/mol. The van der Waals surface area contributed by atoms with Crippen LogP contribution in [-0.4, -0.2) is 13.7 Å². The number of aryl methyl sites for hydroxylation is 3. The van der Waals surface area contributed by atoms with Gasteiger partial charge < -0.3 is 13.9 Å². The summed E-state index contributed by atoms with van der Waals surface area (Å²) in [6.07, 6.45) is 24.2. The lowest BCUT2D eigenvalue weighted by atomic mass is 9.89. The summed E-state index contributed by atoms with van der Waals surface area (Å²) in [5, 5.41) is 0. The number of hydrogen-bond acceptors (Lipinski definition) is 3. The molecule has 0 aliphatic rings. The average Bonchev–Trinajstić information content (AvgIpc) is 3.36. The van der Waals surface area contributed by atoms with Gasteiger partial charge in [-0.25, -0.2) is 0 Å². The molecule has 252 valence electrons. The lowest BCUT2D eigenvalue weighted by molar-refractivity contribution is 0.280. The lowest BCUT2D eigenvalue weighted by Crippen LogP contribution is -2.03. The van der Waals surface area contributed by atoms with Gasteiger partial charge in [-0.15, -0.1) is 6.58 Å². The Morgan fingerprint density at radius 2 is 1.53 bits per heavy atom. The third-order valence-corrected chi connectivity index (χ3v) is 9.27. The SMILES string of the molecule is C=CCCCC(CCC)CCCC/C(=C/C(=C)c1cc(C)oc1C)c1cc(OC)c(OCCCCC(C)CCCCC)cc1C. The number of ether oxygens (including phenoxy) is 2. The number of hydrogen-bond donors (Lipinski definition) is 0. The summed E-state index contributed by atoms with van der Waals surface area (Å²) < 4.78 is 18.0. The Bertz CT molecular complexity index is 1170. The van der Waals surface area contributed by atoms with Crippen LogP contribution >= 0.6 is 0 Å². The Balaban J connectivity index is 2.16. The monoisotopic (exact) mass is 619 g/mol. The van der Waals surface area contributed by atoms with Gasteiger partial charge in [-0.05, 0) is 112 Å². The first-order chi connectivity index (χ1) is 21.7. The minimum atomic E-state index is 0.723. The van der Waals surface area contributed by atoms with Crippen LogP contribution in [0.1, 0.15) is 152 Å². The van der Waals surface area contributed by atoms with Crippen molar-refractivity contribution >= 4 is 11.1 Å². The second kappa shape index (κ2) is 22.0. The van der Waals surface area contributed by atoms with Gasteiger partial charge in [0.2, 0.25) is 0 Å². The van der Waals surface area contributed by atoms with Gasteiger partial charge >= 0.3 is 0 Å². The highest BCUT2D eigenvalue weighted by Crippen LogP contribution is 2.37. The molecule has 1 heterocycles. The summed E-state index contributed by atoms with van der Waals surface area (Å²) in [6, 6.07) is 6.45. The first-order valence-corrected chi connectivity index (χ1v) is 18.1. The standard InChI is InChI=1S/C42H66O3/c1-10-13-15-22-32(4)23-19-20-27-44-42-29-34(6)40(31-41(42)43-9)38(28-33(5)39-30-35(7)45-36(39)8)26-18-17-25-37(21-12-3)24-16-14-11-2/h11,28-32,37H,2,5,10,12-27H2,1,3-4,6-9H3/b38-28-. The molecule has 2 unspecified atom stereocenters. The number of furan rings is 1. The van der Waals surface area contributed by atoms with Crippen molar-refractivity contribution in [3.05, 3.63) is 71.7 Å². The van der Waals surface area contributed by atoms with Gasteiger partial charge in [-0.2, -0.15) is 0 Å². The van der Waals surface area contributed by atoms with Crippen molar-refractivity contribution in [3.63, 3.8) is 0 Å². The first kappa shape index (κ1) is 38.5. The molecule has 0 spiro atoms. The number of rotatable bonds is 25. The Morgan fingerprint density at radius 1 is 0.822 bits per heavy atom. The molecule has 1 aromatic carbocycles. The third kappa shape index (κ3) is 14.1. The second-order valence-corrected chi connectivity index (χ2v) is 13.4. The third-order valence-electron chi connectivity index (χ3n) is 9.27. The zero-order valence-electron chi connectivity index (χ0n) is 30.2. The second-order valence-electron chi connectivity index (χ2n) is 13.4. The molecule has 1 aromatic heterocycles. The molecular weight excluding hydrogens is 552 g/mol. The summed E-state index contributed by atoms with van der Waals surface area (Å²) in [7, 11) is 1.75. The van der Waals surface area contributed by atoms with Gasteiger partial charge in [0.25, 0.3) is 0 Å². The van der Waals surface area contributed by atoms with E-state index in [-0.39, 0.29) is 0 Å². The summed E-state index contributed by atoms with van der Waals surface area (Å²) in [5.41, 5.74) is 5.81. The van der Waals surface area contributed by atoms with E-state index in [9.17, 15) is 0 Å². The van der Waals surface area contributed by atoms with E-state index in [1.165, 1.54) is 93.7 Å². The molecule has 45 heavy (non-hydrogen) atoms. The molecule has 0 N–H and O–H groups in total. The fourth-order valence-electron chi connectivity index (χ4n) is 6.61. The molecule has 2 rings (SSSR count). The summed E-state index contributed by atoms with van der Waals surface area (Å²) >= 11 is 0. The molecule has 0 saturated carbocycles. The van der Waals surface area contributed by atoms with Crippen LogP contribution in [0.15, 0.2) is 47.9 Å². The van der Waals surface area contributed by atoms with E-state index >= 15 is 0 Å².